The normalized spacial score (nSPS) is 20.6. The summed E-state index contributed by atoms with van der Waals surface area (Å²) in [6.07, 6.45) is 2.03. The van der Waals surface area contributed by atoms with Crippen molar-refractivity contribution in [2.75, 3.05) is 0 Å². The molecule has 1 heterocycles. The van der Waals surface area contributed by atoms with E-state index in [-0.39, 0.29) is 17.6 Å². The molecule has 1 aromatic carbocycles. The first-order valence-electron chi connectivity index (χ1n) is 7.30. The maximum Gasteiger partial charge on any atom is 0.191 e. The number of carbonyl (C=O) groups is 2. The molecule has 0 bridgehead atoms. The molecule has 3 rings (SSSR count). The largest absolute Gasteiger partial charge is 0.469 e. The molecule has 1 aliphatic rings. The molecule has 0 saturated heterocycles. The molecule has 23 heavy (non-hydrogen) atoms. The fourth-order valence-corrected chi connectivity index (χ4v) is 3.08. The SMILES string of the molecule is Cc1occc1C(=O)[C@H](C#N)C(=O)[C@H]1C[C@@H]1c1cccc(Cl)c1. The molecular weight excluding hydrogens is 314 g/mol. The van der Waals surface area contributed by atoms with Gasteiger partial charge in [0.15, 0.2) is 17.5 Å². The minimum Gasteiger partial charge on any atom is -0.469 e. The van der Waals surface area contributed by atoms with E-state index in [2.05, 4.69) is 0 Å². The Kier molecular flexibility index (Phi) is 4.06. The van der Waals surface area contributed by atoms with Gasteiger partial charge in [0, 0.05) is 10.9 Å². The van der Waals surface area contributed by atoms with Gasteiger partial charge in [-0.3, -0.25) is 9.59 Å². The van der Waals surface area contributed by atoms with Crippen molar-refractivity contribution in [2.45, 2.75) is 19.3 Å². The number of rotatable bonds is 5. The summed E-state index contributed by atoms with van der Waals surface area (Å²) in [5.41, 5.74) is 1.27. The monoisotopic (exact) mass is 327 g/mol. The van der Waals surface area contributed by atoms with Crippen LogP contribution < -0.4 is 0 Å². The fourth-order valence-electron chi connectivity index (χ4n) is 2.88. The summed E-state index contributed by atoms with van der Waals surface area (Å²) in [5.74, 6) is -1.92. The van der Waals surface area contributed by atoms with Gasteiger partial charge in [-0.1, -0.05) is 23.7 Å². The van der Waals surface area contributed by atoms with E-state index < -0.39 is 11.7 Å². The average Bonchev–Trinajstić information content (AvgIpc) is 3.22. The molecule has 1 saturated carbocycles. The third kappa shape index (κ3) is 2.93. The van der Waals surface area contributed by atoms with E-state index in [1.54, 1.807) is 13.0 Å². The second kappa shape index (κ2) is 6.02. The van der Waals surface area contributed by atoms with Crippen LogP contribution in [0.4, 0.5) is 0 Å². The van der Waals surface area contributed by atoms with Crippen LogP contribution in [0, 0.1) is 30.1 Å². The van der Waals surface area contributed by atoms with Gasteiger partial charge >= 0.3 is 0 Å². The lowest BCUT2D eigenvalue weighted by molar-refractivity contribution is -0.121. The Morgan fingerprint density at radius 2 is 2.17 bits per heavy atom. The number of furan rings is 1. The number of ketones is 2. The van der Waals surface area contributed by atoms with Crippen LogP contribution in [0.25, 0.3) is 0 Å². The zero-order chi connectivity index (χ0) is 16.6. The smallest absolute Gasteiger partial charge is 0.191 e. The molecule has 0 spiro atoms. The summed E-state index contributed by atoms with van der Waals surface area (Å²) < 4.78 is 5.08. The molecule has 0 N–H and O–H groups in total. The second-order valence-electron chi connectivity index (χ2n) is 5.72. The Morgan fingerprint density at radius 3 is 2.78 bits per heavy atom. The van der Waals surface area contributed by atoms with Crippen LogP contribution in [-0.2, 0) is 4.79 Å². The van der Waals surface area contributed by atoms with Gasteiger partial charge in [0.05, 0.1) is 17.9 Å². The first-order valence-corrected chi connectivity index (χ1v) is 7.68. The minimum absolute atomic E-state index is 0.0373. The number of Topliss-reactive ketones (excluding diaryl/α,β-unsaturated/α-hetero) is 2. The highest BCUT2D eigenvalue weighted by molar-refractivity contribution is 6.30. The Hall–Kier alpha value is -2.38. The van der Waals surface area contributed by atoms with Crippen LogP contribution in [0.15, 0.2) is 41.0 Å². The lowest BCUT2D eigenvalue weighted by Crippen LogP contribution is -2.24. The summed E-state index contributed by atoms with van der Waals surface area (Å²) in [6, 6.07) is 10.7. The van der Waals surface area contributed by atoms with Gasteiger partial charge < -0.3 is 4.42 Å². The van der Waals surface area contributed by atoms with Crippen LogP contribution >= 0.6 is 11.6 Å². The molecule has 2 aromatic rings. The maximum absolute atomic E-state index is 12.5. The van der Waals surface area contributed by atoms with Gasteiger partial charge in [-0.25, -0.2) is 0 Å². The second-order valence-corrected chi connectivity index (χ2v) is 6.16. The van der Waals surface area contributed by atoms with Gasteiger partial charge in [0.1, 0.15) is 5.76 Å². The van der Waals surface area contributed by atoms with E-state index in [1.807, 2.05) is 24.3 Å². The number of nitriles is 1. The molecule has 0 unspecified atom stereocenters. The third-order valence-electron chi connectivity index (χ3n) is 4.23. The molecular formula is C18H14ClNO3. The van der Waals surface area contributed by atoms with Gasteiger partial charge in [-0.05, 0) is 43.0 Å². The maximum atomic E-state index is 12.5. The van der Waals surface area contributed by atoms with Crippen molar-refractivity contribution in [2.24, 2.45) is 11.8 Å². The van der Waals surface area contributed by atoms with Gasteiger partial charge in [0.25, 0.3) is 0 Å². The van der Waals surface area contributed by atoms with E-state index in [0.717, 1.165) is 5.56 Å². The zero-order valence-corrected chi connectivity index (χ0v) is 13.2. The predicted octanol–water partition coefficient (Wildman–Crippen LogP) is 3.94. The van der Waals surface area contributed by atoms with E-state index >= 15 is 0 Å². The van der Waals surface area contributed by atoms with Crippen molar-refractivity contribution < 1.29 is 14.0 Å². The molecule has 1 aromatic heterocycles. The summed E-state index contributed by atoms with van der Waals surface area (Å²) in [4.78, 5) is 25.0. The van der Waals surface area contributed by atoms with Crippen LogP contribution in [0.5, 0.6) is 0 Å². The quantitative estimate of drug-likeness (QED) is 0.616. The van der Waals surface area contributed by atoms with Crippen molar-refractivity contribution in [3.63, 3.8) is 0 Å². The Morgan fingerprint density at radius 1 is 1.39 bits per heavy atom. The van der Waals surface area contributed by atoms with Crippen molar-refractivity contribution in [1.82, 2.24) is 0 Å². The van der Waals surface area contributed by atoms with Crippen molar-refractivity contribution >= 4 is 23.2 Å². The van der Waals surface area contributed by atoms with E-state index in [4.69, 9.17) is 16.0 Å². The topological polar surface area (TPSA) is 71.1 Å². The molecule has 0 amide bonds. The first kappa shape index (κ1) is 15.5. The molecule has 0 radical (unpaired) electrons. The van der Waals surface area contributed by atoms with Crippen LogP contribution in [-0.4, -0.2) is 11.6 Å². The summed E-state index contributed by atoms with van der Waals surface area (Å²) in [7, 11) is 0. The molecule has 4 nitrogen and oxygen atoms in total. The number of halogens is 1. The van der Waals surface area contributed by atoms with E-state index in [1.165, 1.54) is 12.3 Å². The number of carbonyl (C=O) groups excluding carboxylic acids is 2. The molecule has 116 valence electrons. The highest BCUT2D eigenvalue weighted by atomic mass is 35.5. The minimum atomic E-state index is -1.28. The van der Waals surface area contributed by atoms with E-state index in [9.17, 15) is 14.9 Å². The van der Waals surface area contributed by atoms with Crippen LogP contribution in [0.2, 0.25) is 5.02 Å². The molecule has 5 heteroatoms. The number of hydrogen-bond donors (Lipinski definition) is 0. The lowest BCUT2D eigenvalue weighted by atomic mass is 9.91. The van der Waals surface area contributed by atoms with Crippen molar-refractivity contribution in [1.29, 1.82) is 5.26 Å². The van der Waals surface area contributed by atoms with Crippen LogP contribution in [0.1, 0.15) is 34.0 Å². The standard InChI is InChI=1S/C18H14ClNO3/c1-10-13(5-6-23-10)17(21)16(9-20)18(22)15-8-14(15)11-3-2-4-12(19)7-11/h2-7,14-16H,8H2,1H3/t14-,15+,16+/m1/s1. The van der Waals surface area contributed by atoms with E-state index in [0.29, 0.717) is 22.8 Å². The van der Waals surface area contributed by atoms with Crippen LogP contribution in [0.3, 0.4) is 0 Å². The lowest BCUT2D eigenvalue weighted by Gasteiger charge is -2.07. The molecule has 0 aliphatic heterocycles. The highest BCUT2D eigenvalue weighted by Gasteiger charge is 2.48. The van der Waals surface area contributed by atoms with Gasteiger partial charge in [-0.2, -0.15) is 5.26 Å². The van der Waals surface area contributed by atoms with Crippen molar-refractivity contribution in [3.8, 4) is 6.07 Å². The predicted molar refractivity (Wildman–Crippen MR) is 84.2 cm³/mol. The molecule has 1 fully saturated rings. The number of hydrogen-bond acceptors (Lipinski definition) is 4. The fraction of sp³-hybridized carbons (Fsp3) is 0.278. The summed E-state index contributed by atoms with van der Waals surface area (Å²) >= 11 is 5.97. The number of aryl methyl sites for hydroxylation is 1. The van der Waals surface area contributed by atoms with Gasteiger partial charge in [-0.15, -0.1) is 0 Å². The zero-order valence-electron chi connectivity index (χ0n) is 12.5. The Labute approximate surface area is 138 Å². The average molecular weight is 328 g/mol. The molecule has 3 atom stereocenters. The number of nitrogens with zero attached hydrogens (tertiary/aromatic N) is 1. The third-order valence-corrected chi connectivity index (χ3v) is 4.47. The molecule has 1 aliphatic carbocycles. The first-order chi connectivity index (χ1) is 11.0. The summed E-state index contributed by atoms with van der Waals surface area (Å²) in [5, 5.41) is 9.90. The highest BCUT2D eigenvalue weighted by Crippen LogP contribution is 2.49. The Bertz CT molecular complexity index is 818. The Balaban J connectivity index is 1.76. The van der Waals surface area contributed by atoms with Crippen molar-refractivity contribution in [3.05, 3.63) is 58.5 Å². The number of benzene rings is 1. The summed E-state index contributed by atoms with van der Waals surface area (Å²) in [6.45, 7) is 1.64. The van der Waals surface area contributed by atoms with Gasteiger partial charge in [0.2, 0.25) is 0 Å².